The molecule has 0 N–H and O–H groups in total. The monoisotopic (exact) mass is 542 g/mol. The Morgan fingerprint density at radius 2 is 1.35 bits per heavy atom. The summed E-state index contributed by atoms with van der Waals surface area (Å²) in [4.78, 5) is 25.5. The molecule has 2 atom stereocenters. The van der Waals surface area contributed by atoms with Crippen LogP contribution in [0.5, 0.6) is 0 Å². The van der Waals surface area contributed by atoms with Crippen LogP contribution in [0.15, 0.2) is 12.7 Å². The normalized spacial score (nSPS) is 16.1. The maximum absolute atomic E-state index is 12.9. The zero-order valence-electron chi connectivity index (χ0n) is 26.3. The summed E-state index contributed by atoms with van der Waals surface area (Å²) in [5.74, 6) is -0.672. The molecule has 0 aromatic carbocycles. The van der Waals surface area contributed by atoms with Gasteiger partial charge in [0.1, 0.15) is 6.61 Å². The smallest absolute Gasteiger partial charge is 0.307 e. The average molecular weight is 543 g/mol. The highest BCUT2D eigenvalue weighted by Gasteiger charge is 2.36. The van der Waals surface area contributed by atoms with Gasteiger partial charge >= 0.3 is 11.9 Å². The molecule has 0 amide bonds. The molecule has 0 aromatic heterocycles. The molecule has 0 fully saturated rings. The second kappa shape index (κ2) is 13.4. The molecule has 0 rings (SSSR count). The van der Waals surface area contributed by atoms with E-state index >= 15 is 0 Å². The van der Waals surface area contributed by atoms with E-state index in [0.717, 1.165) is 12.8 Å². The zero-order chi connectivity index (χ0) is 29.5. The summed E-state index contributed by atoms with van der Waals surface area (Å²) in [6.45, 7) is 31.9. The van der Waals surface area contributed by atoms with E-state index in [1.165, 1.54) is 0 Å². The topological polar surface area (TPSA) is 61.8 Å². The molecule has 0 aromatic rings. The molecule has 218 valence electrons. The molecule has 6 heteroatoms. The van der Waals surface area contributed by atoms with Crippen molar-refractivity contribution in [1.29, 1.82) is 0 Å². The number of hydrogen-bond donors (Lipinski definition) is 1. The van der Waals surface area contributed by atoms with E-state index in [-0.39, 0.29) is 65.1 Å². The van der Waals surface area contributed by atoms with Gasteiger partial charge in [0.05, 0.1) is 26.1 Å². The minimum atomic E-state index is -0.684. The fourth-order valence-corrected chi connectivity index (χ4v) is 5.15. The van der Waals surface area contributed by atoms with E-state index in [9.17, 15) is 9.59 Å². The first-order chi connectivity index (χ1) is 16.3. The summed E-state index contributed by atoms with van der Waals surface area (Å²) in [5, 5.41) is 0. The van der Waals surface area contributed by atoms with Crippen LogP contribution < -0.4 is 0 Å². The highest BCUT2D eigenvalue weighted by atomic mass is 32.1. The van der Waals surface area contributed by atoms with Gasteiger partial charge in [-0.25, -0.2) is 0 Å². The lowest BCUT2D eigenvalue weighted by Gasteiger charge is -2.38. The Morgan fingerprint density at radius 1 is 0.811 bits per heavy atom. The lowest BCUT2D eigenvalue weighted by atomic mass is 9.67. The fourth-order valence-electron chi connectivity index (χ4n) is 4.55. The largest absolute Gasteiger partial charge is 0.462 e. The Bertz CT molecular complexity index is 751. The van der Waals surface area contributed by atoms with Crippen molar-refractivity contribution in [2.75, 3.05) is 19.8 Å². The molecular weight excluding hydrogens is 484 g/mol. The lowest BCUT2D eigenvalue weighted by Crippen LogP contribution is -2.36. The Morgan fingerprint density at radius 3 is 1.81 bits per heavy atom. The quantitative estimate of drug-likeness (QED) is 0.129. The van der Waals surface area contributed by atoms with Crippen molar-refractivity contribution in [1.82, 2.24) is 0 Å². The average Bonchev–Trinajstić information content (AvgIpc) is 2.61. The van der Waals surface area contributed by atoms with Crippen LogP contribution in [0.2, 0.25) is 0 Å². The van der Waals surface area contributed by atoms with Crippen LogP contribution >= 0.6 is 12.6 Å². The van der Waals surface area contributed by atoms with Crippen LogP contribution in [-0.2, 0) is 23.8 Å². The molecule has 0 aliphatic heterocycles. The van der Waals surface area contributed by atoms with Crippen molar-refractivity contribution >= 4 is 24.6 Å². The Kier molecular flexibility index (Phi) is 13.0. The summed E-state index contributed by atoms with van der Waals surface area (Å²) >= 11 is 4.73. The fraction of sp³-hybridized carbons (Fsp3) is 0.871. The summed E-state index contributed by atoms with van der Waals surface area (Å²) in [6, 6.07) is 0. The van der Waals surface area contributed by atoms with E-state index in [1.807, 2.05) is 13.0 Å². The van der Waals surface area contributed by atoms with Gasteiger partial charge in [-0.1, -0.05) is 96.1 Å². The third kappa shape index (κ3) is 15.9. The van der Waals surface area contributed by atoms with Gasteiger partial charge in [0.25, 0.3) is 0 Å². The second-order valence-electron chi connectivity index (χ2n) is 15.6. The van der Waals surface area contributed by atoms with Crippen LogP contribution in [-0.4, -0.2) is 42.6 Å². The van der Waals surface area contributed by atoms with E-state index in [1.54, 1.807) is 0 Å². The van der Waals surface area contributed by atoms with Crippen LogP contribution in [0.25, 0.3) is 0 Å². The molecule has 0 heterocycles. The second-order valence-corrected chi connectivity index (χ2v) is 16.6. The number of esters is 2. The predicted molar refractivity (Wildman–Crippen MR) is 158 cm³/mol. The minimum Gasteiger partial charge on any atom is -0.462 e. The molecular formula is C31H58O5S. The number of hydrogen-bond acceptors (Lipinski definition) is 6. The zero-order valence-corrected chi connectivity index (χ0v) is 27.2. The lowest BCUT2D eigenvalue weighted by molar-refractivity contribution is -0.165. The summed E-state index contributed by atoms with van der Waals surface area (Å²) in [7, 11) is 0. The van der Waals surface area contributed by atoms with Crippen LogP contribution in [0.3, 0.4) is 0 Å². The van der Waals surface area contributed by atoms with Crippen molar-refractivity contribution in [3.8, 4) is 0 Å². The highest BCUT2D eigenvalue weighted by molar-refractivity contribution is 7.81. The van der Waals surface area contributed by atoms with Crippen molar-refractivity contribution in [2.24, 2.45) is 27.1 Å². The molecule has 0 aliphatic carbocycles. The Balaban J connectivity index is 5.31. The SMILES string of the molecule is C=CC(C)(C)CC(C)(C)COCC(COC(=O)CC(C)(C)C(C)(C)C)OC(=O)CC(C)(S)CC(C)(C)C. The van der Waals surface area contributed by atoms with E-state index in [2.05, 4.69) is 89.7 Å². The van der Waals surface area contributed by atoms with Gasteiger partial charge in [-0.2, -0.15) is 12.6 Å². The molecule has 5 nitrogen and oxygen atoms in total. The van der Waals surface area contributed by atoms with Gasteiger partial charge in [0, 0.05) is 4.75 Å². The van der Waals surface area contributed by atoms with Crippen LogP contribution in [0.4, 0.5) is 0 Å². The molecule has 37 heavy (non-hydrogen) atoms. The Hall–Kier alpha value is -1.01. The molecule has 0 aliphatic rings. The number of thiol groups is 1. The van der Waals surface area contributed by atoms with Gasteiger partial charge in [-0.3, -0.25) is 9.59 Å². The third-order valence-corrected chi connectivity index (χ3v) is 7.38. The number of ether oxygens (including phenoxy) is 3. The highest BCUT2D eigenvalue weighted by Crippen LogP contribution is 2.41. The Labute approximate surface area is 234 Å². The van der Waals surface area contributed by atoms with Crippen LogP contribution in [0.1, 0.15) is 116 Å². The number of carbonyl (C=O) groups excluding carboxylic acids is 2. The van der Waals surface area contributed by atoms with Gasteiger partial charge in [-0.15, -0.1) is 6.58 Å². The molecule has 0 bridgehead atoms. The van der Waals surface area contributed by atoms with Crippen molar-refractivity contribution < 1.29 is 23.8 Å². The molecule has 2 unspecified atom stereocenters. The summed E-state index contributed by atoms with van der Waals surface area (Å²) < 4.78 is 16.9. The van der Waals surface area contributed by atoms with E-state index in [4.69, 9.17) is 26.8 Å². The van der Waals surface area contributed by atoms with E-state index in [0.29, 0.717) is 6.61 Å². The predicted octanol–water partition coefficient (Wildman–Crippen LogP) is 8.06. The first kappa shape index (κ1) is 36.0. The minimum absolute atomic E-state index is 0.0157. The maximum atomic E-state index is 12.9. The molecule has 0 spiro atoms. The maximum Gasteiger partial charge on any atom is 0.307 e. The van der Waals surface area contributed by atoms with Gasteiger partial charge in [0.2, 0.25) is 0 Å². The molecule has 0 radical (unpaired) electrons. The van der Waals surface area contributed by atoms with Gasteiger partial charge in [0.15, 0.2) is 6.10 Å². The van der Waals surface area contributed by atoms with Crippen LogP contribution in [0, 0.1) is 27.1 Å². The standard InChI is InChI=1S/C31H58O5S/c1-15-28(8,9)21-29(10,11)22-34-18-23(19-35-24(32)16-30(12,13)27(5,6)7)36-25(33)17-31(14,37)20-26(2,3)4/h15,23,37H,1,16-22H2,2-14H3. The first-order valence-corrected chi connectivity index (χ1v) is 14.0. The van der Waals surface area contributed by atoms with Crippen molar-refractivity contribution in [3.63, 3.8) is 0 Å². The van der Waals surface area contributed by atoms with Gasteiger partial charge in [-0.05, 0) is 39.9 Å². The molecule has 0 saturated carbocycles. The van der Waals surface area contributed by atoms with Crippen molar-refractivity contribution in [2.45, 2.75) is 127 Å². The third-order valence-electron chi connectivity index (χ3n) is 7.06. The van der Waals surface area contributed by atoms with Crippen molar-refractivity contribution in [3.05, 3.63) is 12.7 Å². The van der Waals surface area contributed by atoms with E-state index < -0.39 is 10.9 Å². The molecule has 0 saturated heterocycles. The number of allylic oxidation sites excluding steroid dienone is 1. The summed E-state index contributed by atoms with van der Waals surface area (Å²) in [5.41, 5.74) is -0.390. The number of rotatable bonds is 15. The first-order valence-electron chi connectivity index (χ1n) is 13.6. The van der Waals surface area contributed by atoms with Gasteiger partial charge < -0.3 is 14.2 Å². The summed E-state index contributed by atoms with van der Waals surface area (Å²) in [6.07, 6.45) is 3.37. The number of carbonyl (C=O) groups is 2.